The minimum atomic E-state index is -1.26. The Balaban J connectivity index is 1.50. The molecule has 0 spiro atoms. The summed E-state index contributed by atoms with van der Waals surface area (Å²) in [7, 11) is 1.55. The normalized spacial score (nSPS) is 18.9. The molecule has 2 atom stereocenters. The average Bonchev–Trinajstić information content (AvgIpc) is 3.34. The number of para-hydroxylation sites is 2. The predicted octanol–water partition coefficient (Wildman–Crippen LogP) is 3.24. The zero-order chi connectivity index (χ0) is 24.5. The summed E-state index contributed by atoms with van der Waals surface area (Å²) >= 11 is 0. The number of hydrogen-bond acceptors (Lipinski definition) is 5. The second kappa shape index (κ2) is 9.17. The van der Waals surface area contributed by atoms with E-state index in [1.54, 1.807) is 38.3 Å². The van der Waals surface area contributed by atoms with Crippen molar-refractivity contribution >= 4 is 28.9 Å². The fraction of sp³-hybridized carbons (Fsp3) is 0.360. The zero-order valence-corrected chi connectivity index (χ0v) is 19.7. The zero-order valence-electron chi connectivity index (χ0n) is 19.7. The Morgan fingerprint density at radius 1 is 1.15 bits per heavy atom. The largest absolute Gasteiger partial charge is 0.497 e. The Kier molecular flexibility index (Phi) is 6.28. The number of imidazole rings is 1. The third-order valence-electron chi connectivity index (χ3n) is 6.02. The quantitative estimate of drug-likeness (QED) is 0.444. The topological polar surface area (TPSA) is 116 Å². The first kappa shape index (κ1) is 23.3. The molecule has 4 rings (SSSR count). The summed E-state index contributed by atoms with van der Waals surface area (Å²) in [5.74, 6) is 0.648. The van der Waals surface area contributed by atoms with Crippen LogP contribution in [0.2, 0.25) is 0 Å². The van der Waals surface area contributed by atoms with Crippen LogP contribution in [0.25, 0.3) is 11.0 Å². The van der Waals surface area contributed by atoms with Crippen molar-refractivity contribution in [1.82, 2.24) is 25.5 Å². The number of hydrogen-bond donors (Lipinski definition) is 3. The average molecular weight is 464 g/mol. The second-order valence-electron chi connectivity index (χ2n) is 9.06. The molecule has 9 nitrogen and oxygen atoms in total. The van der Waals surface area contributed by atoms with E-state index in [1.165, 1.54) is 0 Å². The van der Waals surface area contributed by atoms with Crippen LogP contribution in [0.15, 0.2) is 48.5 Å². The SMILES string of the molecule is COc1ccc([C@]2(C)NC(=O)N(CC(=O)N[C@@H](CC(C)C)c3nc4ccccc4[nH]3)C2=O)cc1. The highest BCUT2D eigenvalue weighted by Gasteiger charge is 2.49. The molecule has 0 aliphatic carbocycles. The fourth-order valence-corrected chi connectivity index (χ4v) is 4.19. The van der Waals surface area contributed by atoms with E-state index in [2.05, 4.69) is 34.4 Å². The van der Waals surface area contributed by atoms with Crippen molar-refractivity contribution in [3.05, 3.63) is 59.9 Å². The van der Waals surface area contributed by atoms with Crippen LogP contribution in [-0.4, -0.2) is 46.4 Å². The molecule has 3 aromatic rings. The van der Waals surface area contributed by atoms with Gasteiger partial charge in [0.25, 0.3) is 5.91 Å². The van der Waals surface area contributed by atoms with Crippen molar-refractivity contribution in [1.29, 1.82) is 0 Å². The smallest absolute Gasteiger partial charge is 0.325 e. The van der Waals surface area contributed by atoms with Gasteiger partial charge in [-0.05, 0) is 49.1 Å². The Labute approximate surface area is 197 Å². The number of imide groups is 1. The first-order valence-corrected chi connectivity index (χ1v) is 11.2. The predicted molar refractivity (Wildman–Crippen MR) is 127 cm³/mol. The Bertz CT molecular complexity index is 1190. The molecule has 1 saturated heterocycles. The van der Waals surface area contributed by atoms with Gasteiger partial charge >= 0.3 is 6.03 Å². The molecule has 34 heavy (non-hydrogen) atoms. The number of methoxy groups -OCH3 is 1. The number of amides is 4. The summed E-state index contributed by atoms with van der Waals surface area (Å²) in [4.78, 5) is 47.6. The summed E-state index contributed by atoms with van der Waals surface area (Å²) in [6, 6.07) is 13.5. The number of H-pyrrole nitrogens is 1. The van der Waals surface area contributed by atoms with Crippen molar-refractivity contribution < 1.29 is 19.1 Å². The number of rotatable bonds is 8. The maximum absolute atomic E-state index is 13.2. The third kappa shape index (κ3) is 4.46. The standard InChI is InChI=1S/C25H29N5O4/c1-15(2)13-20(22-27-18-7-5-6-8-19(18)28-22)26-21(31)14-30-23(32)25(3,29-24(30)33)16-9-11-17(34-4)12-10-16/h5-12,15,20H,13-14H2,1-4H3,(H,26,31)(H,27,28)(H,29,33)/t20-,25-/m0/s1. The summed E-state index contributed by atoms with van der Waals surface area (Å²) in [6.45, 7) is 5.35. The molecule has 0 saturated carbocycles. The Hall–Kier alpha value is -3.88. The van der Waals surface area contributed by atoms with E-state index >= 15 is 0 Å². The van der Waals surface area contributed by atoms with Crippen molar-refractivity contribution in [3.63, 3.8) is 0 Å². The van der Waals surface area contributed by atoms with E-state index in [1.807, 2.05) is 24.3 Å². The summed E-state index contributed by atoms with van der Waals surface area (Å²) < 4.78 is 5.16. The maximum Gasteiger partial charge on any atom is 0.325 e. The number of benzene rings is 2. The fourth-order valence-electron chi connectivity index (χ4n) is 4.19. The molecular weight excluding hydrogens is 434 g/mol. The monoisotopic (exact) mass is 463 g/mol. The van der Waals surface area contributed by atoms with Crippen LogP contribution >= 0.6 is 0 Å². The minimum absolute atomic E-state index is 0.286. The van der Waals surface area contributed by atoms with Crippen LogP contribution in [0.5, 0.6) is 5.75 Å². The number of nitrogens with zero attached hydrogens (tertiary/aromatic N) is 2. The number of nitrogens with one attached hydrogen (secondary N) is 3. The van der Waals surface area contributed by atoms with Gasteiger partial charge in [0, 0.05) is 0 Å². The Morgan fingerprint density at radius 3 is 2.50 bits per heavy atom. The van der Waals surface area contributed by atoms with Crippen molar-refractivity contribution in [2.45, 2.75) is 38.8 Å². The number of urea groups is 1. The van der Waals surface area contributed by atoms with E-state index in [0.717, 1.165) is 15.9 Å². The number of ether oxygens (including phenoxy) is 1. The lowest BCUT2D eigenvalue weighted by Crippen LogP contribution is -2.44. The van der Waals surface area contributed by atoms with Crippen LogP contribution in [0.1, 0.15) is 44.6 Å². The molecule has 3 N–H and O–H groups in total. The molecule has 178 valence electrons. The van der Waals surface area contributed by atoms with Gasteiger partial charge in [-0.3, -0.25) is 14.5 Å². The van der Waals surface area contributed by atoms with Gasteiger partial charge in [-0.1, -0.05) is 38.1 Å². The maximum atomic E-state index is 13.2. The number of fused-ring (bicyclic) bond motifs is 1. The first-order chi connectivity index (χ1) is 16.2. The minimum Gasteiger partial charge on any atom is -0.497 e. The molecular formula is C25H29N5O4. The molecule has 1 aliphatic rings. The highest BCUT2D eigenvalue weighted by atomic mass is 16.5. The lowest BCUT2D eigenvalue weighted by Gasteiger charge is -2.23. The van der Waals surface area contributed by atoms with Crippen molar-refractivity contribution in [2.24, 2.45) is 5.92 Å². The van der Waals surface area contributed by atoms with Crippen LogP contribution in [-0.2, 0) is 15.1 Å². The third-order valence-corrected chi connectivity index (χ3v) is 6.02. The van der Waals surface area contributed by atoms with Crippen molar-refractivity contribution in [3.8, 4) is 5.75 Å². The number of carbonyl (C=O) groups excluding carboxylic acids is 3. The summed E-state index contributed by atoms with van der Waals surface area (Å²) in [6.07, 6.45) is 0.648. The van der Waals surface area contributed by atoms with Crippen molar-refractivity contribution in [2.75, 3.05) is 13.7 Å². The van der Waals surface area contributed by atoms with E-state index in [4.69, 9.17) is 4.74 Å². The highest BCUT2D eigenvalue weighted by molar-refractivity contribution is 6.09. The van der Waals surface area contributed by atoms with Crippen LogP contribution in [0.3, 0.4) is 0 Å². The van der Waals surface area contributed by atoms with Gasteiger partial charge in [-0.25, -0.2) is 9.78 Å². The molecule has 0 unspecified atom stereocenters. The van der Waals surface area contributed by atoms with Gasteiger partial charge in [0.1, 0.15) is 23.7 Å². The molecule has 2 aromatic carbocycles. The number of aromatic nitrogens is 2. The molecule has 9 heteroatoms. The van der Waals surface area contributed by atoms with Gasteiger partial charge in [-0.15, -0.1) is 0 Å². The summed E-state index contributed by atoms with van der Waals surface area (Å²) in [5, 5.41) is 5.68. The Morgan fingerprint density at radius 2 is 1.85 bits per heavy atom. The van der Waals surface area contributed by atoms with E-state index in [9.17, 15) is 14.4 Å². The summed E-state index contributed by atoms with van der Waals surface area (Å²) in [5.41, 5.74) is 1.03. The molecule has 0 radical (unpaired) electrons. The molecule has 1 aliphatic heterocycles. The lowest BCUT2D eigenvalue weighted by atomic mass is 9.92. The molecule has 4 amide bonds. The van der Waals surface area contributed by atoms with Crippen LogP contribution in [0, 0.1) is 5.92 Å². The molecule has 2 heterocycles. The van der Waals surface area contributed by atoms with Gasteiger partial charge in [0.15, 0.2) is 0 Å². The number of aromatic amines is 1. The first-order valence-electron chi connectivity index (χ1n) is 11.2. The highest BCUT2D eigenvalue weighted by Crippen LogP contribution is 2.30. The van der Waals surface area contributed by atoms with Gasteiger partial charge < -0.3 is 20.4 Å². The van der Waals surface area contributed by atoms with Gasteiger partial charge in [-0.2, -0.15) is 0 Å². The van der Waals surface area contributed by atoms with E-state index in [-0.39, 0.29) is 18.5 Å². The van der Waals surface area contributed by atoms with Gasteiger partial charge in [0.2, 0.25) is 5.91 Å². The van der Waals surface area contributed by atoms with E-state index < -0.39 is 23.4 Å². The molecule has 1 fully saturated rings. The van der Waals surface area contributed by atoms with Crippen LogP contribution in [0.4, 0.5) is 4.79 Å². The number of carbonyl (C=O) groups is 3. The molecule has 1 aromatic heterocycles. The van der Waals surface area contributed by atoms with Gasteiger partial charge in [0.05, 0.1) is 24.2 Å². The van der Waals surface area contributed by atoms with E-state index in [0.29, 0.717) is 23.6 Å². The second-order valence-corrected chi connectivity index (χ2v) is 9.06. The lowest BCUT2D eigenvalue weighted by molar-refractivity contribution is -0.135. The van der Waals surface area contributed by atoms with Crippen LogP contribution < -0.4 is 15.4 Å². The molecule has 0 bridgehead atoms.